The molecular formula is C21H24N4O2. The lowest BCUT2D eigenvalue weighted by Gasteiger charge is -2.26. The molecule has 1 aromatic carbocycles. The molecule has 3 heterocycles. The number of hydrogen-bond acceptors (Lipinski definition) is 3. The molecule has 0 saturated carbocycles. The zero-order chi connectivity index (χ0) is 19.1. The van der Waals surface area contributed by atoms with Crippen LogP contribution in [0.3, 0.4) is 0 Å². The van der Waals surface area contributed by atoms with Gasteiger partial charge in [-0.05, 0) is 49.9 Å². The lowest BCUT2D eigenvalue weighted by atomic mass is 10.0. The van der Waals surface area contributed by atoms with Crippen LogP contribution >= 0.6 is 0 Å². The molecule has 0 unspecified atom stereocenters. The zero-order valence-electron chi connectivity index (χ0n) is 16.0. The van der Waals surface area contributed by atoms with Crippen molar-refractivity contribution in [2.45, 2.75) is 26.2 Å². The highest BCUT2D eigenvalue weighted by Gasteiger charge is 2.23. The molecule has 1 N–H and O–H groups in total. The second-order valence-corrected chi connectivity index (χ2v) is 7.46. The molecule has 6 nitrogen and oxygen atoms in total. The average Bonchev–Trinajstić information content (AvgIpc) is 3.06. The van der Waals surface area contributed by atoms with E-state index in [9.17, 15) is 9.59 Å². The number of amides is 2. The van der Waals surface area contributed by atoms with Crippen molar-refractivity contribution in [2.24, 2.45) is 0 Å². The number of pyridine rings is 1. The van der Waals surface area contributed by atoms with Crippen molar-refractivity contribution in [1.29, 1.82) is 0 Å². The first-order valence-electron chi connectivity index (χ1n) is 9.39. The smallest absolute Gasteiger partial charge is 0.272 e. The van der Waals surface area contributed by atoms with Gasteiger partial charge in [-0.15, -0.1) is 0 Å². The Hall–Kier alpha value is -2.89. The van der Waals surface area contributed by atoms with Crippen LogP contribution in [0.1, 0.15) is 45.7 Å². The van der Waals surface area contributed by atoms with Gasteiger partial charge in [-0.25, -0.2) is 4.98 Å². The maximum absolute atomic E-state index is 13.0. The predicted octanol–water partition coefficient (Wildman–Crippen LogP) is 3.35. The molecule has 27 heavy (non-hydrogen) atoms. The van der Waals surface area contributed by atoms with E-state index in [1.54, 1.807) is 25.2 Å². The number of piperidine rings is 1. The maximum Gasteiger partial charge on any atom is 0.272 e. The van der Waals surface area contributed by atoms with Gasteiger partial charge < -0.3 is 14.8 Å². The largest absolute Gasteiger partial charge is 0.353 e. The van der Waals surface area contributed by atoms with E-state index in [0.717, 1.165) is 53.3 Å². The molecule has 0 radical (unpaired) electrons. The molecule has 0 bridgehead atoms. The lowest BCUT2D eigenvalue weighted by Crippen LogP contribution is -2.36. The highest BCUT2D eigenvalue weighted by atomic mass is 16.2. The van der Waals surface area contributed by atoms with Crippen LogP contribution in [0.15, 0.2) is 24.4 Å². The van der Waals surface area contributed by atoms with Gasteiger partial charge in [0.2, 0.25) is 0 Å². The first kappa shape index (κ1) is 17.5. The average molecular weight is 364 g/mol. The third-order valence-corrected chi connectivity index (χ3v) is 5.38. The predicted molar refractivity (Wildman–Crippen MR) is 106 cm³/mol. The Balaban J connectivity index is 1.85. The van der Waals surface area contributed by atoms with E-state index < -0.39 is 0 Å². The number of hydrogen-bond donors (Lipinski definition) is 1. The van der Waals surface area contributed by atoms with Crippen LogP contribution in [-0.4, -0.2) is 58.8 Å². The first-order chi connectivity index (χ1) is 13.0. The van der Waals surface area contributed by atoms with Gasteiger partial charge in [-0.2, -0.15) is 0 Å². The highest BCUT2D eigenvalue weighted by Crippen LogP contribution is 2.30. The minimum atomic E-state index is -0.0393. The fourth-order valence-electron chi connectivity index (χ4n) is 3.91. The van der Waals surface area contributed by atoms with Crippen molar-refractivity contribution in [2.75, 3.05) is 27.2 Å². The molecule has 1 fully saturated rings. The van der Waals surface area contributed by atoms with Crippen LogP contribution in [-0.2, 0) is 0 Å². The van der Waals surface area contributed by atoms with Crippen LogP contribution in [0.25, 0.3) is 21.8 Å². The fraction of sp³-hybridized carbons (Fsp3) is 0.381. The van der Waals surface area contributed by atoms with E-state index in [1.165, 1.54) is 6.42 Å². The SMILES string of the molecule is Cc1c(C(=O)N2CCCCC2)ncc2[nH]c3ccc(C(=O)N(C)C)cc3c12. The number of carbonyl (C=O) groups excluding carboxylic acids is 2. The first-order valence-corrected chi connectivity index (χ1v) is 9.39. The summed E-state index contributed by atoms with van der Waals surface area (Å²) < 4.78 is 0. The fourth-order valence-corrected chi connectivity index (χ4v) is 3.91. The van der Waals surface area contributed by atoms with Crippen molar-refractivity contribution in [3.8, 4) is 0 Å². The summed E-state index contributed by atoms with van der Waals surface area (Å²) in [4.78, 5) is 36.6. The summed E-state index contributed by atoms with van der Waals surface area (Å²) in [7, 11) is 3.48. The number of carbonyl (C=O) groups is 2. The van der Waals surface area contributed by atoms with Gasteiger partial charge >= 0.3 is 0 Å². The molecule has 2 aromatic heterocycles. The van der Waals surface area contributed by atoms with Crippen LogP contribution in [0.2, 0.25) is 0 Å². The summed E-state index contributed by atoms with van der Waals surface area (Å²) in [6, 6.07) is 5.64. The van der Waals surface area contributed by atoms with Crippen molar-refractivity contribution in [3.05, 3.63) is 41.2 Å². The van der Waals surface area contributed by atoms with Gasteiger partial charge in [0.1, 0.15) is 5.69 Å². The topological polar surface area (TPSA) is 69.3 Å². The summed E-state index contributed by atoms with van der Waals surface area (Å²) in [5.74, 6) is -0.0356. The second-order valence-electron chi connectivity index (χ2n) is 7.46. The number of fused-ring (bicyclic) bond motifs is 3. The number of aromatic amines is 1. The number of aromatic nitrogens is 2. The Labute approximate surface area is 158 Å². The number of benzene rings is 1. The van der Waals surface area contributed by atoms with Gasteiger partial charge in [0.15, 0.2) is 0 Å². The standard InChI is InChI=1S/C21H24N4O2/c1-13-18-15-11-14(20(26)24(2)3)7-8-16(15)23-17(18)12-22-19(13)21(27)25-9-5-4-6-10-25/h7-8,11-12,23H,4-6,9-10H2,1-3H3. The molecule has 4 rings (SSSR count). The molecule has 2 amide bonds. The van der Waals surface area contributed by atoms with E-state index in [4.69, 9.17) is 0 Å². The Bertz CT molecular complexity index is 1050. The molecule has 1 aliphatic rings. The minimum absolute atomic E-state index is 0.00368. The Morgan fingerprint density at radius 3 is 2.56 bits per heavy atom. The van der Waals surface area contributed by atoms with Gasteiger partial charge in [0, 0.05) is 49.0 Å². The summed E-state index contributed by atoms with van der Waals surface area (Å²) in [5, 5.41) is 1.92. The van der Waals surface area contributed by atoms with Crippen LogP contribution in [0, 0.1) is 6.92 Å². The van der Waals surface area contributed by atoms with E-state index in [0.29, 0.717) is 11.3 Å². The summed E-state index contributed by atoms with van der Waals surface area (Å²) >= 11 is 0. The molecule has 0 spiro atoms. The number of H-pyrrole nitrogens is 1. The Kier molecular flexibility index (Phi) is 4.34. The number of aryl methyl sites for hydroxylation is 1. The third kappa shape index (κ3) is 2.95. The van der Waals surface area contributed by atoms with Crippen LogP contribution < -0.4 is 0 Å². The van der Waals surface area contributed by atoms with Gasteiger partial charge in [-0.1, -0.05) is 0 Å². The quantitative estimate of drug-likeness (QED) is 0.758. The number of nitrogens with one attached hydrogen (secondary N) is 1. The van der Waals surface area contributed by atoms with Gasteiger partial charge in [0.05, 0.1) is 11.7 Å². The second kappa shape index (κ2) is 6.68. The van der Waals surface area contributed by atoms with Gasteiger partial charge in [-0.3, -0.25) is 9.59 Å². The molecule has 1 aliphatic heterocycles. The maximum atomic E-state index is 13.0. The molecular weight excluding hydrogens is 340 g/mol. The van der Waals surface area contributed by atoms with Crippen molar-refractivity contribution < 1.29 is 9.59 Å². The number of nitrogens with zero attached hydrogens (tertiary/aromatic N) is 3. The monoisotopic (exact) mass is 364 g/mol. The van der Waals surface area contributed by atoms with Gasteiger partial charge in [0.25, 0.3) is 11.8 Å². The third-order valence-electron chi connectivity index (χ3n) is 5.38. The summed E-state index contributed by atoms with van der Waals surface area (Å²) in [6.07, 6.45) is 5.01. The normalized spacial score (nSPS) is 14.7. The summed E-state index contributed by atoms with van der Waals surface area (Å²) in [5.41, 5.74) is 3.83. The van der Waals surface area contributed by atoms with Crippen molar-refractivity contribution in [1.82, 2.24) is 19.8 Å². The van der Waals surface area contributed by atoms with E-state index in [-0.39, 0.29) is 11.8 Å². The van der Waals surface area contributed by atoms with E-state index >= 15 is 0 Å². The number of rotatable bonds is 2. The van der Waals surface area contributed by atoms with Crippen LogP contribution in [0.4, 0.5) is 0 Å². The van der Waals surface area contributed by atoms with Crippen LogP contribution in [0.5, 0.6) is 0 Å². The summed E-state index contributed by atoms with van der Waals surface area (Å²) in [6.45, 7) is 3.54. The van der Waals surface area contributed by atoms with Crippen molar-refractivity contribution >= 4 is 33.6 Å². The Morgan fingerprint density at radius 1 is 1.11 bits per heavy atom. The Morgan fingerprint density at radius 2 is 1.85 bits per heavy atom. The zero-order valence-corrected chi connectivity index (χ0v) is 16.0. The van der Waals surface area contributed by atoms with E-state index in [2.05, 4.69) is 9.97 Å². The molecule has 6 heteroatoms. The molecule has 1 saturated heterocycles. The molecule has 0 aliphatic carbocycles. The molecule has 140 valence electrons. The van der Waals surface area contributed by atoms with Crippen molar-refractivity contribution in [3.63, 3.8) is 0 Å². The lowest BCUT2D eigenvalue weighted by molar-refractivity contribution is 0.0717. The number of likely N-dealkylation sites (tertiary alicyclic amines) is 1. The highest BCUT2D eigenvalue weighted by molar-refractivity contribution is 6.13. The molecule has 3 aromatic rings. The van der Waals surface area contributed by atoms with E-state index in [1.807, 2.05) is 30.0 Å². The molecule has 0 atom stereocenters. The minimum Gasteiger partial charge on any atom is -0.353 e.